The molecule has 6 rings (SSSR count). The highest BCUT2D eigenvalue weighted by Crippen LogP contribution is 2.37. The van der Waals surface area contributed by atoms with Gasteiger partial charge in [0.25, 0.3) is 5.56 Å². The van der Waals surface area contributed by atoms with Gasteiger partial charge in [0, 0.05) is 19.4 Å². The first-order valence-corrected chi connectivity index (χ1v) is 11.6. The average molecular weight is 465 g/mol. The fraction of sp³-hybridized carbons (Fsp3) is 0.179. The zero-order valence-corrected chi connectivity index (χ0v) is 19.5. The Morgan fingerprint density at radius 1 is 1.03 bits per heavy atom. The monoisotopic (exact) mass is 464 g/mol. The van der Waals surface area contributed by atoms with Crippen molar-refractivity contribution in [3.05, 3.63) is 105 Å². The van der Waals surface area contributed by atoms with Crippen molar-refractivity contribution in [2.75, 3.05) is 5.32 Å². The fourth-order valence-corrected chi connectivity index (χ4v) is 4.91. The smallest absolute Gasteiger partial charge is 0.260 e. The number of rotatable bonds is 4. The highest BCUT2D eigenvalue weighted by molar-refractivity contribution is 5.96. The summed E-state index contributed by atoms with van der Waals surface area (Å²) in [4.78, 5) is 30.9. The number of carbonyl (C=O) groups is 1. The van der Waals surface area contributed by atoms with Crippen LogP contribution in [0.4, 0.5) is 5.82 Å². The molecular weight excluding hydrogens is 440 g/mol. The minimum atomic E-state index is -0.367. The quantitative estimate of drug-likeness (QED) is 0.423. The Bertz CT molecular complexity index is 1660. The Morgan fingerprint density at radius 3 is 2.63 bits per heavy atom. The van der Waals surface area contributed by atoms with E-state index in [-0.39, 0.29) is 23.8 Å². The van der Waals surface area contributed by atoms with Gasteiger partial charge in [-0.15, -0.1) is 0 Å². The molecule has 1 amide bonds. The number of anilines is 1. The number of ether oxygens (including phenoxy) is 1. The van der Waals surface area contributed by atoms with E-state index in [9.17, 15) is 9.59 Å². The number of amides is 1. The number of hydrogen-bond donors (Lipinski definition) is 1. The van der Waals surface area contributed by atoms with Crippen molar-refractivity contribution in [1.29, 1.82) is 0 Å². The zero-order chi connectivity index (χ0) is 24.1. The molecule has 3 aromatic carbocycles. The van der Waals surface area contributed by atoms with E-state index in [2.05, 4.69) is 29.4 Å². The van der Waals surface area contributed by atoms with E-state index in [1.54, 1.807) is 11.6 Å². The third-order valence-corrected chi connectivity index (χ3v) is 6.62. The lowest BCUT2D eigenvalue weighted by Gasteiger charge is -2.27. The summed E-state index contributed by atoms with van der Waals surface area (Å²) in [7, 11) is 1.72. The van der Waals surface area contributed by atoms with E-state index >= 15 is 0 Å². The second kappa shape index (κ2) is 8.13. The van der Waals surface area contributed by atoms with Crippen LogP contribution in [0.1, 0.15) is 34.6 Å². The molecule has 0 unspecified atom stereocenters. The molecule has 0 spiro atoms. The van der Waals surface area contributed by atoms with Crippen molar-refractivity contribution in [1.82, 2.24) is 14.0 Å². The van der Waals surface area contributed by atoms with E-state index < -0.39 is 0 Å². The predicted molar refractivity (Wildman–Crippen MR) is 135 cm³/mol. The minimum Gasteiger partial charge on any atom is -0.489 e. The number of aromatic nitrogens is 3. The van der Waals surface area contributed by atoms with E-state index in [1.807, 2.05) is 65.1 Å². The van der Waals surface area contributed by atoms with Crippen LogP contribution in [-0.2, 0) is 18.4 Å². The van der Waals surface area contributed by atoms with Crippen molar-refractivity contribution in [2.45, 2.75) is 25.9 Å². The first-order valence-electron chi connectivity index (χ1n) is 11.6. The molecule has 2 aromatic heterocycles. The summed E-state index contributed by atoms with van der Waals surface area (Å²) in [6.45, 7) is 2.53. The van der Waals surface area contributed by atoms with Crippen molar-refractivity contribution in [2.24, 2.45) is 7.05 Å². The predicted octanol–water partition coefficient (Wildman–Crippen LogP) is 4.55. The molecule has 7 heteroatoms. The molecule has 1 N–H and O–H groups in total. The van der Waals surface area contributed by atoms with Crippen LogP contribution in [-0.4, -0.2) is 19.9 Å². The molecule has 7 nitrogen and oxygen atoms in total. The van der Waals surface area contributed by atoms with Crippen LogP contribution in [0.15, 0.2) is 77.6 Å². The van der Waals surface area contributed by atoms with Crippen LogP contribution in [0.2, 0.25) is 0 Å². The lowest BCUT2D eigenvalue weighted by molar-refractivity contribution is -0.116. The third kappa shape index (κ3) is 3.56. The fourth-order valence-electron chi connectivity index (χ4n) is 4.91. The zero-order valence-electron chi connectivity index (χ0n) is 19.5. The van der Waals surface area contributed by atoms with Crippen molar-refractivity contribution < 1.29 is 9.53 Å². The molecule has 0 saturated carbocycles. The SMILES string of the molecule is Cc1cccc(COc2ccc([C@@H]3CC(=O)Nc4c3c(=O)n(C)c3nc5ccccc5n43)cc2)c1. The lowest BCUT2D eigenvalue weighted by Crippen LogP contribution is -2.35. The van der Waals surface area contributed by atoms with Crippen molar-refractivity contribution in [3.8, 4) is 5.75 Å². The van der Waals surface area contributed by atoms with Crippen LogP contribution in [0, 0.1) is 6.92 Å². The summed E-state index contributed by atoms with van der Waals surface area (Å²) in [5.41, 5.74) is 5.20. The van der Waals surface area contributed by atoms with Crippen molar-refractivity contribution >= 4 is 28.5 Å². The van der Waals surface area contributed by atoms with Gasteiger partial charge in [-0.3, -0.25) is 18.6 Å². The number of benzene rings is 3. The Morgan fingerprint density at radius 2 is 1.83 bits per heavy atom. The van der Waals surface area contributed by atoms with Crippen LogP contribution in [0.3, 0.4) is 0 Å². The summed E-state index contributed by atoms with van der Waals surface area (Å²) >= 11 is 0. The summed E-state index contributed by atoms with van der Waals surface area (Å²) in [6, 6.07) is 23.5. The van der Waals surface area contributed by atoms with Crippen LogP contribution in [0.25, 0.3) is 16.8 Å². The van der Waals surface area contributed by atoms with Gasteiger partial charge < -0.3 is 10.1 Å². The number of nitrogens with one attached hydrogen (secondary N) is 1. The summed E-state index contributed by atoms with van der Waals surface area (Å²) < 4.78 is 9.39. The van der Waals surface area contributed by atoms with Crippen LogP contribution in [0.5, 0.6) is 5.75 Å². The molecular formula is C28H24N4O3. The van der Waals surface area contributed by atoms with Crippen molar-refractivity contribution in [3.63, 3.8) is 0 Å². The molecule has 0 aliphatic carbocycles. The molecule has 1 atom stereocenters. The van der Waals surface area contributed by atoms with Gasteiger partial charge in [-0.25, -0.2) is 4.98 Å². The largest absolute Gasteiger partial charge is 0.489 e. The average Bonchev–Trinajstić information content (AvgIpc) is 3.26. The van der Waals surface area contributed by atoms with Crippen LogP contribution >= 0.6 is 0 Å². The number of carbonyl (C=O) groups excluding carboxylic acids is 1. The lowest BCUT2D eigenvalue weighted by atomic mass is 9.86. The Hall–Kier alpha value is -4.39. The summed E-state index contributed by atoms with van der Waals surface area (Å²) in [5.74, 6) is 1.23. The third-order valence-electron chi connectivity index (χ3n) is 6.62. The van der Waals surface area contributed by atoms with E-state index in [0.717, 1.165) is 27.9 Å². The molecule has 0 saturated heterocycles. The molecule has 35 heavy (non-hydrogen) atoms. The van der Waals surface area contributed by atoms with E-state index in [1.165, 1.54) is 5.56 Å². The second-order valence-electron chi connectivity index (χ2n) is 9.01. The Balaban J connectivity index is 1.40. The minimum absolute atomic E-state index is 0.130. The topological polar surface area (TPSA) is 77.6 Å². The van der Waals surface area contributed by atoms with Gasteiger partial charge in [0.05, 0.1) is 16.6 Å². The summed E-state index contributed by atoms with van der Waals surface area (Å²) in [5, 5.41) is 2.95. The highest BCUT2D eigenvalue weighted by atomic mass is 16.5. The molecule has 1 aliphatic rings. The van der Waals surface area contributed by atoms with Gasteiger partial charge in [-0.1, -0.05) is 54.1 Å². The molecule has 5 aromatic rings. The van der Waals surface area contributed by atoms with Crippen LogP contribution < -0.4 is 15.6 Å². The maximum absolute atomic E-state index is 13.5. The van der Waals surface area contributed by atoms with E-state index in [0.29, 0.717) is 23.8 Å². The normalized spacial score (nSPS) is 15.3. The maximum Gasteiger partial charge on any atom is 0.260 e. The van der Waals surface area contributed by atoms with Gasteiger partial charge >= 0.3 is 0 Å². The second-order valence-corrected chi connectivity index (χ2v) is 9.01. The molecule has 1 aliphatic heterocycles. The molecule has 3 heterocycles. The molecule has 0 radical (unpaired) electrons. The standard InChI is InChI=1S/C28H24N4O3/c1-17-6-5-7-18(14-17)16-35-20-12-10-19(11-13-20)21-15-24(33)30-26-25(21)27(34)31(2)28-29-22-8-3-4-9-23(22)32(26)28/h3-14,21H,15-16H2,1-2H3,(H,30,33)/t21-/m0/s1. The van der Waals surface area contributed by atoms with E-state index in [4.69, 9.17) is 4.74 Å². The van der Waals surface area contributed by atoms with Gasteiger partial charge in [0.15, 0.2) is 0 Å². The number of hydrogen-bond acceptors (Lipinski definition) is 4. The summed E-state index contributed by atoms with van der Waals surface area (Å²) in [6.07, 6.45) is 0.198. The van der Waals surface area contributed by atoms with Gasteiger partial charge in [-0.2, -0.15) is 0 Å². The Labute approximate surface area is 201 Å². The first kappa shape index (κ1) is 21.2. The maximum atomic E-state index is 13.5. The molecule has 0 fully saturated rings. The first-order chi connectivity index (χ1) is 17.0. The Kier molecular flexibility index (Phi) is 4.91. The molecule has 174 valence electrons. The number of para-hydroxylation sites is 2. The number of nitrogens with zero attached hydrogens (tertiary/aromatic N) is 3. The van der Waals surface area contributed by atoms with Gasteiger partial charge in [0.2, 0.25) is 11.7 Å². The number of aryl methyl sites for hydroxylation is 2. The molecule has 0 bridgehead atoms. The van der Waals surface area contributed by atoms with Gasteiger partial charge in [0.1, 0.15) is 18.2 Å². The highest BCUT2D eigenvalue weighted by Gasteiger charge is 2.33. The van der Waals surface area contributed by atoms with Gasteiger partial charge in [-0.05, 0) is 42.3 Å². The number of fused-ring (bicyclic) bond motifs is 5. The number of imidazole rings is 1.